The number of carbonyl (C=O) groups is 1. The van der Waals surface area contributed by atoms with E-state index in [1.54, 1.807) is 18.2 Å². The summed E-state index contributed by atoms with van der Waals surface area (Å²) in [6, 6.07) is 10.6. The molecule has 1 N–H and O–H groups in total. The average Bonchev–Trinajstić information content (AvgIpc) is 3.09. The van der Waals surface area contributed by atoms with Crippen LogP contribution >= 0.6 is 23.1 Å². The summed E-state index contributed by atoms with van der Waals surface area (Å²) < 4.78 is 38.9. The first kappa shape index (κ1) is 20.3. The Kier molecular flexibility index (Phi) is 6.04. The molecule has 0 bridgehead atoms. The topological polar surface area (TPSA) is 54.9 Å². The maximum Gasteiger partial charge on any atom is 0.416 e. The molecule has 146 valence electrons. The summed E-state index contributed by atoms with van der Waals surface area (Å²) in [5.74, 6) is 0.0394. The van der Waals surface area contributed by atoms with E-state index in [2.05, 4.69) is 15.5 Å². The SMILES string of the molecule is Cc1ccc(C(=O)Nc2nnc(SCc3cccc(C(F)(F)F)c3)s2)cc1C. The number of halogens is 3. The van der Waals surface area contributed by atoms with Crippen molar-refractivity contribution in [3.63, 3.8) is 0 Å². The molecule has 0 aliphatic carbocycles. The Labute approximate surface area is 168 Å². The number of aromatic nitrogens is 2. The molecule has 0 atom stereocenters. The highest BCUT2D eigenvalue weighted by Crippen LogP contribution is 2.32. The number of amides is 1. The first-order valence-corrected chi connectivity index (χ1v) is 10.0. The maximum atomic E-state index is 12.8. The van der Waals surface area contributed by atoms with E-state index in [1.165, 1.54) is 29.2 Å². The van der Waals surface area contributed by atoms with Crippen LogP contribution in [-0.4, -0.2) is 16.1 Å². The number of rotatable bonds is 5. The molecule has 28 heavy (non-hydrogen) atoms. The van der Waals surface area contributed by atoms with Gasteiger partial charge in [-0.3, -0.25) is 10.1 Å². The van der Waals surface area contributed by atoms with Gasteiger partial charge in [0.2, 0.25) is 5.13 Å². The second-order valence-corrected chi connectivity index (χ2v) is 8.31. The van der Waals surface area contributed by atoms with E-state index in [0.717, 1.165) is 23.3 Å². The van der Waals surface area contributed by atoms with Crippen LogP contribution in [0.2, 0.25) is 0 Å². The summed E-state index contributed by atoms with van der Waals surface area (Å²) in [4.78, 5) is 12.3. The van der Waals surface area contributed by atoms with Crippen molar-refractivity contribution in [1.82, 2.24) is 10.2 Å². The molecule has 1 amide bonds. The number of thioether (sulfide) groups is 1. The van der Waals surface area contributed by atoms with Crippen molar-refractivity contribution >= 4 is 34.1 Å². The van der Waals surface area contributed by atoms with E-state index in [-0.39, 0.29) is 5.91 Å². The van der Waals surface area contributed by atoms with Crippen LogP contribution in [0.25, 0.3) is 0 Å². The lowest BCUT2D eigenvalue weighted by molar-refractivity contribution is -0.137. The van der Waals surface area contributed by atoms with Crippen molar-refractivity contribution in [2.24, 2.45) is 0 Å². The lowest BCUT2D eigenvalue weighted by Gasteiger charge is -2.07. The highest BCUT2D eigenvalue weighted by Gasteiger charge is 2.30. The molecule has 0 radical (unpaired) electrons. The van der Waals surface area contributed by atoms with Gasteiger partial charge >= 0.3 is 6.18 Å². The number of benzene rings is 2. The Morgan fingerprint density at radius 2 is 1.89 bits per heavy atom. The fourth-order valence-electron chi connectivity index (χ4n) is 2.35. The standard InChI is InChI=1S/C19H16F3N3OS2/c1-11-6-7-14(8-12(11)2)16(26)23-17-24-25-18(28-17)27-10-13-4-3-5-15(9-13)19(20,21)22/h3-9H,10H2,1-2H3,(H,23,24,26). The first-order valence-electron chi connectivity index (χ1n) is 8.23. The lowest BCUT2D eigenvalue weighted by Crippen LogP contribution is -2.12. The van der Waals surface area contributed by atoms with E-state index >= 15 is 0 Å². The average molecular weight is 423 g/mol. The number of anilines is 1. The number of nitrogens with zero attached hydrogens (tertiary/aromatic N) is 2. The predicted molar refractivity (Wildman–Crippen MR) is 105 cm³/mol. The number of hydrogen-bond donors (Lipinski definition) is 1. The third kappa shape index (κ3) is 5.11. The fourth-order valence-corrected chi connectivity index (χ4v) is 4.04. The zero-order chi connectivity index (χ0) is 20.3. The maximum absolute atomic E-state index is 12.8. The number of alkyl halides is 3. The molecule has 0 fully saturated rings. The highest BCUT2D eigenvalue weighted by atomic mass is 32.2. The third-order valence-corrected chi connectivity index (χ3v) is 6.06. The second-order valence-electron chi connectivity index (χ2n) is 6.11. The molecule has 1 aromatic heterocycles. The predicted octanol–water partition coefficient (Wildman–Crippen LogP) is 5.72. The summed E-state index contributed by atoms with van der Waals surface area (Å²) in [7, 11) is 0. The molecule has 0 aliphatic heterocycles. The molecule has 0 saturated heterocycles. The van der Waals surface area contributed by atoms with Crippen LogP contribution < -0.4 is 5.32 Å². The zero-order valence-corrected chi connectivity index (χ0v) is 16.6. The van der Waals surface area contributed by atoms with Crippen LogP contribution in [0.3, 0.4) is 0 Å². The van der Waals surface area contributed by atoms with Crippen LogP contribution in [0.5, 0.6) is 0 Å². The summed E-state index contributed by atoms with van der Waals surface area (Å²) in [6.07, 6.45) is -4.37. The van der Waals surface area contributed by atoms with Gasteiger partial charge in [0.1, 0.15) is 0 Å². The number of aryl methyl sites for hydroxylation is 2. The minimum Gasteiger partial charge on any atom is -0.296 e. The molecule has 1 heterocycles. The van der Waals surface area contributed by atoms with Crippen molar-refractivity contribution < 1.29 is 18.0 Å². The third-order valence-electron chi connectivity index (χ3n) is 4.01. The van der Waals surface area contributed by atoms with Gasteiger partial charge in [-0.25, -0.2) is 0 Å². The normalized spacial score (nSPS) is 11.5. The van der Waals surface area contributed by atoms with Crippen molar-refractivity contribution in [3.8, 4) is 0 Å². The van der Waals surface area contributed by atoms with Gasteiger partial charge in [-0.1, -0.05) is 47.4 Å². The van der Waals surface area contributed by atoms with Gasteiger partial charge in [0, 0.05) is 11.3 Å². The largest absolute Gasteiger partial charge is 0.416 e. The molecular formula is C19H16F3N3OS2. The van der Waals surface area contributed by atoms with Gasteiger partial charge in [-0.2, -0.15) is 13.2 Å². The van der Waals surface area contributed by atoms with Gasteiger partial charge in [-0.15, -0.1) is 10.2 Å². The van der Waals surface area contributed by atoms with Crippen molar-refractivity contribution in [1.29, 1.82) is 0 Å². The summed E-state index contributed by atoms with van der Waals surface area (Å²) >= 11 is 2.45. The molecule has 0 spiro atoms. The van der Waals surface area contributed by atoms with E-state index in [9.17, 15) is 18.0 Å². The van der Waals surface area contributed by atoms with Gasteiger partial charge in [0.25, 0.3) is 5.91 Å². The van der Waals surface area contributed by atoms with Gasteiger partial charge in [0.15, 0.2) is 4.34 Å². The molecule has 0 saturated carbocycles. The van der Waals surface area contributed by atoms with Crippen molar-refractivity contribution in [2.45, 2.75) is 30.1 Å². The van der Waals surface area contributed by atoms with E-state index in [4.69, 9.17) is 0 Å². The summed E-state index contributed by atoms with van der Waals surface area (Å²) in [5, 5.41) is 10.9. The van der Waals surface area contributed by atoms with Crippen LogP contribution in [-0.2, 0) is 11.9 Å². The quantitative estimate of drug-likeness (QED) is 0.421. The highest BCUT2D eigenvalue weighted by molar-refractivity contribution is 8.00. The minimum absolute atomic E-state index is 0.284. The lowest BCUT2D eigenvalue weighted by atomic mass is 10.1. The number of hydrogen-bond acceptors (Lipinski definition) is 5. The van der Waals surface area contributed by atoms with Gasteiger partial charge in [0.05, 0.1) is 5.56 Å². The van der Waals surface area contributed by atoms with Crippen LogP contribution in [0.15, 0.2) is 46.8 Å². The molecule has 3 aromatic rings. The monoisotopic (exact) mass is 423 g/mol. The van der Waals surface area contributed by atoms with Crippen LogP contribution in [0, 0.1) is 13.8 Å². The van der Waals surface area contributed by atoms with Crippen molar-refractivity contribution in [3.05, 3.63) is 70.3 Å². The molecule has 2 aromatic carbocycles. The zero-order valence-electron chi connectivity index (χ0n) is 15.0. The van der Waals surface area contributed by atoms with Crippen LogP contribution in [0.1, 0.15) is 32.6 Å². The smallest absolute Gasteiger partial charge is 0.296 e. The molecule has 3 rings (SSSR count). The van der Waals surface area contributed by atoms with E-state index in [0.29, 0.717) is 26.4 Å². The Hall–Kier alpha value is -2.39. The molecule has 9 heteroatoms. The first-order chi connectivity index (χ1) is 13.2. The number of nitrogens with one attached hydrogen (secondary N) is 1. The van der Waals surface area contributed by atoms with Crippen LogP contribution in [0.4, 0.5) is 18.3 Å². The van der Waals surface area contributed by atoms with Crippen molar-refractivity contribution in [2.75, 3.05) is 5.32 Å². The minimum atomic E-state index is -4.37. The van der Waals surface area contributed by atoms with Gasteiger partial charge < -0.3 is 0 Å². The Morgan fingerprint density at radius 1 is 1.11 bits per heavy atom. The Bertz CT molecular complexity index is 1000. The molecule has 4 nitrogen and oxygen atoms in total. The summed E-state index contributed by atoms with van der Waals surface area (Å²) in [5.41, 5.74) is 2.50. The van der Waals surface area contributed by atoms with Gasteiger partial charge in [-0.05, 0) is 48.7 Å². The second kappa shape index (κ2) is 8.32. The van der Waals surface area contributed by atoms with E-state index in [1.807, 2.05) is 19.9 Å². The molecule has 0 unspecified atom stereocenters. The van der Waals surface area contributed by atoms with E-state index < -0.39 is 11.7 Å². The molecule has 0 aliphatic rings. The Balaban J connectivity index is 1.61. The Morgan fingerprint density at radius 3 is 2.61 bits per heavy atom. The summed E-state index contributed by atoms with van der Waals surface area (Å²) in [6.45, 7) is 3.90. The number of carbonyl (C=O) groups excluding carboxylic acids is 1. The fraction of sp³-hybridized carbons (Fsp3) is 0.211. The molecular weight excluding hydrogens is 407 g/mol.